The number of carbonyl (C=O) groups is 1. The number of carbonyl (C=O) groups excluding carboxylic acids is 1. The van der Waals surface area contributed by atoms with E-state index in [1.54, 1.807) is 7.05 Å². The van der Waals surface area contributed by atoms with Crippen molar-refractivity contribution in [2.45, 2.75) is 10.9 Å². The van der Waals surface area contributed by atoms with E-state index in [1.165, 1.54) is 18.0 Å². The number of anilines is 1. The van der Waals surface area contributed by atoms with Crippen molar-refractivity contribution >= 4 is 49.1 Å². The van der Waals surface area contributed by atoms with E-state index in [4.69, 9.17) is 0 Å². The van der Waals surface area contributed by atoms with Gasteiger partial charge in [-0.1, -0.05) is 0 Å². The van der Waals surface area contributed by atoms with Crippen LogP contribution in [0.1, 0.15) is 11.6 Å². The Morgan fingerprint density at radius 2 is 2.15 bits per heavy atom. The van der Waals surface area contributed by atoms with E-state index in [0.29, 0.717) is 5.75 Å². The second kappa shape index (κ2) is 6.05. The van der Waals surface area contributed by atoms with E-state index in [0.717, 1.165) is 20.6 Å². The maximum absolute atomic E-state index is 11.8. The molecule has 1 aliphatic rings. The number of hydrogen-bond donors (Lipinski definition) is 2. The lowest BCUT2D eigenvalue weighted by molar-refractivity contribution is -0.117. The highest BCUT2D eigenvalue weighted by molar-refractivity contribution is 9.10. The van der Waals surface area contributed by atoms with Gasteiger partial charge in [-0.15, -0.1) is 11.8 Å². The predicted octanol–water partition coefficient (Wildman–Crippen LogP) is 1.80. The Bertz CT molecular complexity index is 646. The molecule has 1 heterocycles. The molecule has 1 unspecified atom stereocenters. The second-order valence-corrected chi connectivity index (χ2v) is 8.81. The van der Waals surface area contributed by atoms with E-state index >= 15 is 0 Å². The Balaban J connectivity index is 2.18. The van der Waals surface area contributed by atoms with Gasteiger partial charge in [0.2, 0.25) is 5.91 Å². The fourth-order valence-electron chi connectivity index (χ4n) is 1.96. The maximum atomic E-state index is 11.8. The lowest BCUT2D eigenvalue weighted by atomic mass is 10.1. The molecule has 0 fully saturated rings. The third kappa shape index (κ3) is 3.55. The van der Waals surface area contributed by atoms with E-state index in [2.05, 4.69) is 26.6 Å². The van der Waals surface area contributed by atoms with Gasteiger partial charge in [-0.3, -0.25) is 4.79 Å². The molecule has 1 amide bonds. The highest BCUT2D eigenvalue weighted by Gasteiger charge is 2.30. The number of amides is 1. The molecule has 110 valence electrons. The number of fused-ring (bicyclic) bond motifs is 1. The summed E-state index contributed by atoms with van der Waals surface area (Å²) in [6, 6.07) is 3.44. The standard InChI is InChI=1S/C12H15BrN2O3S2/c1-14-11-7-5-8(13)10(6-9(7)15-12(11)16)19-3-4-20(2,17)18/h5-6,11,14H,3-4H2,1-2H3,(H,15,16). The summed E-state index contributed by atoms with van der Waals surface area (Å²) in [5.74, 6) is 0.541. The predicted molar refractivity (Wildman–Crippen MR) is 85.0 cm³/mol. The van der Waals surface area contributed by atoms with Crippen molar-refractivity contribution in [3.63, 3.8) is 0 Å². The van der Waals surface area contributed by atoms with Crippen LogP contribution in [0.4, 0.5) is 5.69 Å². The van der Waals surface area contributed by atoms with E-state index in [1.807, 2.05) is 12.1 Å². The summed E-state index contributed by atoms with van der Waals surface area (Å²) in [4.78, 5) is 12.7. The molecule has 5 nitrogen and oxygen atoms in total. The van der Waals surface area contributed by atoms with Crippen molar-refractivity contribution in [2.75, 3.05) is 30.1 Å². The number of halogens is 1. The van der Waals surface area contributed by atoms with Gasteiger partial charge in [-0.25, -0.2) is 8.42 Å². The van der Waals surface area contributed by atoms with Gasteiger partial charge in [0.05, 0.1) is 5.75 Å². The highest BCUT2D eigenvalue weighted by atomic mass is 79.9. The minimum absolute atomic E-state index is 0.0762. The zero-order valence-electron chi connectivity index (χ0n) is 11.1. The number of benzene rings is 1. The van der Waals surface area contributed by atoms with Crippen molar-refractivity contribution in [2.24, 2.45) is 0 Å². The maximum Gasteiger partial charge on any atom is 0.246 e. The van der Waals surface area contributed by atoms with Crippen LogP contribution in [-0.2, 0) is 14.6 Å². The first-order chi connectivity index (χ1) is 9.31. The first-order valence-electron chi connectivity index (χ1n) is 5.94. The van der Waals surface area contributed by atoms with Crippen LogP contribution >= 0.6 is 27.7 Å². The van der Waals surface area contributed by atoms with Crippen LogP contribution in [0.25, 0.3) is 0 Å². The van der Waals surface area contributed by atoms with Gasteiger partial charge in [0.25, 0.3) is 0 Å². The number of sulfone groups is 1. The first-order valence-corrected chi connectivity index (χ1v) is 9.78. The molecule has 20 heavy (non-hydrogen) atoms. The van der Waals surface area contributed by atoms with Gasteiger partial charge >= 0.3 is 0 Å². The van der Waals surface area contributed by atoms with E-state index in [9.17, 15) is 13.2 Å². The van der Waals surface area contributed by atoms with Gasteiger partial charge in [0.15, 0.2) is 0 Å². The first kappa shape index (κ1) is 15.8. The molecule has 0 saturated carbocycles. The van der Waals surface area contributed by atoms with Gasteiger partial charge in [0, 0.05) is 32.6 Å². The van der Waals surface area contributed by atoms with Crippen LogP contribution in [0, 0.1) is 0 Å². The average molecular weight is 379 g/mol. The molecule has 2 rings (SSSR count). The third-order valence-corrected chi connectivity index (χ3v) is 6.12. The largest absolute Gasteiger partial charge is 0.324 e. The molecular weight excluding hydrogens is 364 g/mol. The molecule has 1 aromatic carbocycles. The van der Waals surface area contributed by atoms with Crippen LogP contribution in [-0.4, -0.2) is 39.1 Å². The Labute approximate surface area is 130 Å². The normalized spacial score (nSPS) is 17.9. The quantitative estimate of drug-likeness (QED) is 0.764. The summed E-state index contributed by atoms with van der Waals surface area (Å²) in [5.41, 5.74) is 1.68. The van der Waals surface area contributed by atoms with Crippen molar-refractivity contribution in [3.05, 3.63) is 22.2 Å². The van der Waals surface area contributed by atoms with Crippen molar-refractivity contribution < 1.29 is 13.2 Å². The summed E-state index contributed by atoms with van der Waals surface area (Å²) in [5, 5.41) is 5.78. The number of likely N-dealkylation sites (N-methyl/N-ethyl adjacent to an activating group) is 1. The van der Waals surface area contributed by atoms with E-state index < -0.39 is 9.84 Å². The van der Waals surface area contributed by atoms with Gasteiger partial charge < -0.3 is 10.6 Å². The monoisotopic (exact) mass is 378 g/mol. The zero-order valence-corrected chi connectivity index (χ0v) is 14.3. The molecule has 1 aromatic rings. The highest BCUT2D eigenvalue weighted by Crippen LogP contribution is 2.38. The SMILES string of the molecule is CNC1C(=O)Nc2cc(SCCS(C)(=O)=O)c(Br)cc21. The summed E-state index contributed by atoms with van der Waals surface area (Å²) in [7, 11) is -1.22. The third-order valence-electron chi connectivity index (χ3n) is 2.94. The van der Waals surface area contributed by atoms with Gasteiger partial charge in [0.1, 0.15) is 15.9 Å². The van der Waals surface area contributed by atoms with Gasteiger partial charge in [-0.05, 0) is 35.1 Å². The molecule has 8 heteroatoms. The molecule has 1 atom stereocenters. The second-order valence-electron chi connectivity index (χ2n) is 4.56. The lowest BCUT2D eigenvalue weighted by Gasteiger charge is -2.10. The van der Waals surface area contributed by atoms with Crippen molar-refractivity contribution in [3.8, 4) is 0 Å². The van der Waals surface area contributed by atoms with Crippen molar-refractivity contribution in [1.29, 1.82) is 0 Å². The van der Waals surface area contributed by atoms with Crippen LogP contribution in [0.2, 0.25) is 0 Å². The van der Waals surface area contributed by atoms with Crippen LogP contribution in [0.5, 0.6) is 0 Å². The van der Waals surface area contributed by atoms with Crippen LogP contribution in [0.3, 0.4) is 0 Å². The summed E-state index contributed by atoms with van der Waals surface area (Å²) < 4.78 is 23.1. The Morgan fingerprint density at radius 3 is 2.75 bits per heavy atom. The minimum Gasteiger partial charge on any atom is -0.324 e. The number of hydrogen-bond acceptors (Lipinski definition) is 5. The molecular formula is C12H15BrN2O3S2. The summed E-state index contributed by atoms with van der Waals surface area (Å²) >= 11 is 4.92. The summed E-state index contributed by atoms with van der Waals surface area (Å²) in [6.45, 7) is 0. The number of thioether (sulfide) groups is 1. The molecule has 0 saturated heterocycles. The molecule has 0 aromatic heterocycles. The fraction of sp³-hybridized carbons (Fsp3) is 0.417. The van der Waals surface area contributed by atoms with Crippen molar-refractivity contribution in [1.82, 2.24) is 5.32 Å². The Kier molecular flexibility index (Phi) is 4.78. The molecule has 0 aliphatic carbocycles. The molecule has 0 bridgehead atoms. The topological polar surface area (TPSA) is 75.3 Å². The molecule has 1 aliphatic heterocycles. The number of nitrogens with one attached hydrogen (secondary N) is 2. The average Bonchev–Trinajstić information content (AvgIpc) is 2.62. The Hall–Kier alpha value is -0.570. The lowest BCUT2D eigenvalue weighted by Crippen LogP contribution is -2.23. The smallest absolute Gasteiger partial charge is 0.246 e. The molecule has 2 N–H and O–H groups in total. The summed E-state index contributed by atoms with van der Waals surface area (Å²) in [6.07, 6.45) is 1.23. The van der Waals surface area contributed by atoms with Crippen LogP contribution in [0.15, 0.2) is 21.5 Å². The fourth-order valence-corrected chi connectivity index (χ4v) is 4.83. The van der Waals surface area contributed by atoms with E-state index in [-0.39, 0.29) is 17.7 Å². The number of rotatable bonds is 5. The Morgan fingerprint density at radius 1 is 1.45 bits per heavy atom. The molecule has 0 radical (unpaired) electrons. The zero-order chi connectivity index (χ0) is 14.9. The van der Waals surface area contributed by atoms with Gasteiger partial charge in [-0.2, -0.15) is 0 Å². The minimum atomic E-state index is -2.96. The molecule has 0 spiro atoms. The van der Waals surface area contributed by atoms with Crippen LogP contribution < -0.4 is 10.6 Å².